The molecule has 0 amide bonds. The number of nitrogens with zero attached hydrogens (tertiary/aromatic N) is 2. The number of hydrogen-bond donors (Lipinski definition) is 1. The molecule has 4 heteroatoms. The van der Waals surface area contributed by atoms with Gasteiger partial charge in [0.1, 0.15) is 5.82 Å². The average molecular weight is 299 g/mol. The normalized spacial score (nSPS) is 17.6. The van der Waals surface area contributed by atoms with Gasteiger partial charge >= 0.3 is 0 Å². The SMILES string of the molecule is OCc1cc(Br)cnc1N1CCCCCCC1. The summed E-state index contributed by atoms with van der Waals surface area (Å²) in [4.78, 5) is 6.78. The van der Waals surface area contributed by atoms with E-state index in [1.165, 1.54) is 32.1 Å². The molecule has 1 aliphatic rings. The number of aliphatic hydroxyl groups is 1. The van der Waals surface area contributed by atoms with Crippen LogP contribution in [0.15, 0.2) is 16.7 Å². The Morgan fingerprint density at radius 1 is 1.18 bits per heavy atom. The monoisotopic (exact) mass is 298 g/mol. The lowest BCUT2D eigenvalue weighted by Crippen LogP contribution is -2.28. The van der Waals surface area contributed by atoms with Crippen molar-refractivity contribution < 1.29 is 5.11 Å². The van der Waals surface area contributed by atoms with Gasteiger partial charge in [-0.3, -0.25) is 0 Å². The van der Waals surface area contributed by atoms with Crippen LogP contribution in [0.3, 0.4) is 0 Å². The van der Waals surface area contributed by atoms with Crippen molar-refractivity contribution in [1.82, 2.24) is 4.98 Å². The maximum Gasteiger partial charge on any atom is 0.134 e. The predicted octanol–water partition coefficient (Wildman–Crippen LogP) is 3.11. The topological polar surface area (TPSA) is 36.4 Å². The highest BCUT2D eigenvalue weighted by Crippen LogP contribution is 2.24. The van der Waals surface area contributed by atoms with Crippen LogP contribution in [0, 0.1) is 0 Å². The summed E-state index contributed by atoms with van der Waals surface area (Å²) in [5.41, 5.74) is 0.917. The summed E-state index contributed by atoms with van der Waals surface area (Å²) in [6.07, 6.45) is 8.23. The molecular weight excluding hydrogens is 280 g/mol. The quantitative estimate of drug-likeness (QED) is 0.911. The van der Waals surface area contributed by atoms with Crippen LogP contribution in [0.5, 0.6) is 0 Å². The van der Waals surface area contributed by atoms with Crippen LogP contribution in [0.2, 0.25) is 0 Å². The average Bonchev–Trinajstić information content (AvgIpc) is 2.29. The van der Waals surface area contributed by atoms with Gasteiger partial charge in [0.15, 0.2) is 0 Å². The Morgan fingerprint density at radius 3 is 2.47 bits per heavy atom. The zero-order valence-corrected chi connectivity index (χ0v) is 11.6. The third kappa shape index (κ3) is 3.42. The Hall–Kier alpha value is -0.610. The highest BCUT2D eigenvalue weighted by atomic mass is 79.9. The first-order chi connectivity index (χ1) is 8.31. The molecule has 0 saturated carbocycles. The van der Waals surface area contributed by atoms with Crippen molar-refractivity contribution in [3.8, 4) is 0 Å². The van der Waals surface area contributed by atoms with Crippen molar-refractivity contribution in [3.63, 3.8) is 0 Å². The predicted molar refractivity (Wildman–Crippen MR) is 73.2 cm³/mol. The van der Waals surface area contributed by atoms with Crippen LogP contribution < -0.4 is 4.90 Å². The number of halogens is 1. The first kappa shape index (κ1) is 12.8. The lowest BCUT2D eigenvalue weighted by atomic mass is 10.1. The number of hydrogen-bond acceptors (Lipinski definition) is 3. The Balaban J connectivity index is 2.18. The van der Waals surface area contributed by atoms with Gasteiger partial charge in [-0.2, -0.15) is 0 Å². The number of rotatable bonds is 2. The van der Waals surface area contributed by atoms with Gasteiger partial charge in [-0.15, -0.1) is 0 Å². The number of aliphatic hydroxyl groups excluding tert-OH is 1. The number of aromatic nitrogens is 1. The standard InChI is InChI=1S/C13H19BrN2O/c14-12-8-11(10-17)13(15-9-12)16-6-4-2-1-3-5-7-16/h8-9,17H,1-7,10H2. The van der Waals surface area contributed by atoms with E-state index in [9.17, 15) is 5.11 Å². The zero-order chi connectivity index (χ0) is 12.1. The van der Waals surface area contributed by atoms with E-state index in [-0.39, 0.29) is 6.61 Å². The van der Waals surface area contributed by atoms with Crippen LogP contribution in [-0.2, 0) is 6.61 Å². The molecule has 1 aromatic rings. The van der Waals surface area contributed by atoms with Crippen LogP contribution in [0.25, 0.3) is 0 Å². The molecule has 0 aromatic carbocycles. The third-order valence-electron chi connectivity index (χ3n) is 3.24. The summed E-state index contributed by atoms with van der Waals surface area (Å²) in [5, 5.41) is 9.41. The highest BCUT2D eigenvalue weighted by Gasteiger charge is 2.14. The largest absolute Gasteiger partial charge is 0.392 e. The summed E-state index contributed by atoms with van der Waals surface area (Å²) in [6.45, 7) is 2.17. The Morgan fingerprint density at radius 2 is 1.82 bits per heavy atom. The summed E-state index contributed by atoms with van der Waals surface area (Å²) >= 11 is 3.40. The van der Waals surface area contributed by atoms with E-state index in [2.05, 4.69) is 25.8 Å². The van der Waals surface area contributed by atoms with Gasteiger partial charge in [-0.05, 0) is 34.8 Å². The first-order valence-corrected chi connectivity index (χ1v) is 7.11. The van der Waals surface area contributed by atoms with E-state index in [0.29, 0.717) is 0 Å². The molecule has 2 rings (SSSR count). The molecule has 0 radical (unpaired) electrons. The Labute approximate surface area is 111 Å². The van der Waals surface area contributed by atoms with E-state index in [4.69, 9.17) is 0 Å². The third-order valence-corrected chi connectivity index (χ3v) is 3.67. The van der Waals surface area contributed by atoms with E-state index in [1.54, 1.807) is 0 Å². The fraction of sp³-hybridized carbons (Fsp3) is 0.615. The molecule has 1 aliphatic heterocycles. The molecule has 1 N–H and O–H groups in total. The summed E-state index contributed by atoms with van der Waals surface area (Å²) in [6, 6.07) is 1.96. The van der Waals surface area contributed by atoms with Crippen molar-refractivity contribution in [3.05, 3.63) is 22.3 Å². The van der Waals surface area contributed by atoms with Crippen molar-refractivity contribution in [2.75, 3.05) is 18.0 Å². The Kier molecular flexibility index (Phi) is 4.80. The molecule has 0 atom stereocenters. The maximum absolute atomic E-state index is 9.41. The second-order valence-electron chi connectivity index (χ2n) is 4.55. The molecule has 1 aromatic heterocycles. The van der Waals surface area contributed by atoms with Gasteiger partial charge in [-0.25, -0.2) is 4.98 Å². The maximum atomic E-state index is 9.41. The molecule has 2 heterocycles. The molecule has 0 spiro atoms. The molecule has 1 saturated heterocycles. The van der Waals surface area contributed by atoms with E-state index in [1.807, 2.05) is 12.3 Å². The van der Waals surface area contributed by atoms with Crippen molar-refractivity contribution in [2.24, 2.45) is 0 Å². The second-order valence-corrected chi connectivity index (χ2v) is 5.46. The molecule has 0 aliphatic carbocycles. The van der Waals surface area contributed by atoms with Crippen LogP contribution >= 0.6 is 15.9 Å². The minimum atomic E-state index is 0.0538. The molecule has 0 unspecified atom stereocenters. The van der Waals surface area contributed by atoms with Gasteiger partial charge in [0.25, 0.3) is 0 Å². The first-order valence-electron chi connectivity index (χ1n) is 6.31. The summed E-state index contributed by atoms with van der Waals surface area (Å²) in [7, 11) is 0. The van der Waals surface area contributed by atoms with Crippen molar-refractivity contribution >= 4 is 21.7 Å². The zero-order valence-electron chi connectivity index (χ0n) is 10.0. The Bertz CT molecular complexity index is 362. The molecule has 94 valence electrons. The minimum Gasteiger partial charge on any atom is -0.392 e. The second kappa shape index (κ2) is 6.36. The van der Waals surface area contributed by atoms with Crippen molar-refractivity contribution in [1.29, 1.82) is 0 Å². The van der Waals surface area contributed by atoms with E-state index in [0.717, 1.165) is 28.9 Å². The van der Waals surface area contributed by atoms with Gasteiger partial charge in [0, 0.05) is 29.3 Å². The highest BCUT2D eigenvalue weighted by molar-refractivity contribution is 9.10. The minimum absolute atomic E-state index is 0.0538. The lowest BCUT2D eigenvalue weighted by Gasteiger charge is -2.27. The molecule has 3 nitrogen and oxygen atoms in total. The number of anilines is 1. The van der Waals surface area contributed by atoms with Crippen molar-refractivity contribution in [2.45, 2.75) is 38.7 Å². The molecule has 1 fully saturated rings. The summed E-state index contributed by atoms with van der Waals surface area (Å²) in [5.74, 6) is 0.956. The van der Waals surface area contributed by atoms with Gasteiger partial charge in [0.05, 0.1) is 6.61 Å². The fourth-order valence-electron chi connectivity index (χ4n) is 2.33. The van der Waals surface area contributed by atoms with Crippen LogP contribution in [-0.4, -0.2) is 23.2 Å². The van der Waals surface area contributed by atoms with Gasteiger partial charge in [-0.1, -0.05) is 19.3 Å². The van der Waals surface area contributed by atoms with E-state index < -0.39 is 0 Å². The fourth-order valence-corrected chi connectivity index (χ4v) is 2.71. The summed E-state index contributed by atoms with van der Waals surface area (Å²) < 4.78 is 0.928. The van der Waals surface area contributed by atoms with Gasteiger partial charge in [0.2, 0.25) is 0 Å². The molecule has 0 bridgehead atoms. The smallest absolute Gasteiger partial charge is 0.134 e. The molecular formula is C13H19BrN2O. The van der Waals surface area contributed by atoms with Crippen LogP contribution in [0.4, 0.5) is 5.82 Å². The van der Waals surface area contributed by atoms with Crippen LogP contribution in [0.1, 0.15) is 37.7 Å². The van der Waals surface area contributed by atoms with Gasteiger partial charge < -0.3 is 10.0 Å². The number of pyridine rings is 1. The van der Waals surface area contributed by atoms with E-state index >= 15 is 0 Å². The lowest BCUT2D eigenvalue weighted by molar-refractivity contribution is 0.281. The molecule has 17 heavy (non-hydrogen) atoms.